The predicted octanol–water partition coefficient (Wildman–Crippen LogP) is 3.20. The molecule has 0 unspecified atom stereocenters. The Hall–Kier alpha value is -1.79. The van der Waals surface area contributed by atoms with Gasteiger partial charge in [-0.1, -0.05) is 6.07 Å². The molecule has 0 aromatic heterocycles. The molecule has 0 bridgehead atoms. The highest BCUT2D eigenvalue weighted by Gasteiger charge is 2.21. The number of carbonyl (C=O) groups excluding carboxylic acids is 1. The average Bonchev–Trinajstić information content (AvgIpc) is 3.28. The van der Waals surface area contributed by atoms with Crippen LogP contribution in [-0.4, -0.2) is 56.6 Å². The molecule has 2 saturated heterocycles. The summed E-state index contributed by atoms with van der Waals surface area (Å²) in [5.74, 6) is 0.689. The Morgan fingerprint density at radius 1 is 1.24 bits per heavy atom. The van der Waals surface area contributed by atoms with Crippen LogP contribution in [0.25, 0.3) is 0 Å². The molecular formula is C19H28N2O4. The Kier molecular flexibility index (Phi) is 6.15. The number of carbonyl (C=O) groups is 1. The van der Waals surface area contributed by atoms with Gasteiger partial charge in [-0.25, -0.2) is 4.79 Å². The highest BCUT2D eigenvalue weighted by molar-refractivity contribution is 5.90. The van der Waals surface area contributed by atoms with E-state index in [1.807, 2.05) is 25.1 Å². The van der Waals surface area contributed by atoms with E-state index in [-0.39, 0.29) is 18.2 Å². The third kappa shape index (κ3) is 5.09. The van der Waals surface area contributed by atoms with E-state index in [2.05, 4.69) is 5.32 Å². The third-order valence-electron chi connectivity index (χ3n) is 4.68. The van der Waals surface area contributed by atoms with Crippen molar-refractivity contribution in [1.29, 1.82) is 0 Å². The van der Waals surface area contributed by atoms with E-state index >= 15 is 0 Å². The zero-order valence-corrected chi connectivity index (χ0v) is 15.1. The number of benzene rings is 1. The first-order valence-corrected chi connectivity index (χ1v) is 9.10. The Morgan fingerprint density at radius 2 is 1.96 bits per heavy atom. The molecular weight excluding hydrogens is 320 g/mol. The molecule has 0 saturated carbocycles. The monoisotopic (exact) mass is 348 g/mol. The van der Waals surface area contributed by atoms with Gasteiger partial charge in [0.2, 0.25) is 0 Å². The number of rotatable bonds is 6. The van der Waals surface area contributed by atoms with Crippen molar-refractivity contribution in [2.24, 2.45) is 0 Å². The summed E-state index contributed by atoms with van der Waals surface area (Å²) in [4.78, 5) is 14.1. The molecule has 2 amide bonds. The van der Waals surface area contributed by atoms with Crippen LogP contribution in [0.15, 0.2) is 18.2 Å². The van der Waals surface area contributed by atoms with Gasteiger partial charge in [-0.15, -0.1) is 0 Å². The average molecular weight is 348 g/mol. The van der Waals surface area contributed by atoms with Crippen molar-refractivity contribution in [3.05, 3.63) is 23.8 Å². The van der Waals surface area contributed by atoms with Crippen molar-refractivity contribution in [2.75, 3.05) is 38.7 Å². The van der Waals surface area contributed by atoms with E-state index in [0.29, 0.717) is 24.6 Å². The van der Waals surface area contributed by atoms with Gasteiger partial charge in [-0.3, -0.25) is 0 Å². The number of nitrogens with zero attached hydrogens (tertiary/aromatic N) is 1. The molecule has 6 heteroatoms. The molecule has 6 nitrogen and oxygen atoms in total. The number of aryl methyl sites for hydroxylation is 1. The van der Waals surface area contributed by atoms with Crippen LogP contribution in [0.5, 0.6) is 5.75 Å². The minimum Gasteiger partial charge on any atom is -0.489 e. The van der Waals surface area contributed by atoms with Crippen LogP contribution >= 0.6 is 0 Å². The van der Waals surface area contributed by atoms with Crippen LogP contribution in [0.2, 0.25) is 0 Å². The lowest BCUT2D eigenvalue weighted by Crippen LogP contribution is -2.37. The molecule has 2 aliphatic rings. The lowest BCUT2D eigenvalue weighted by atomic mass is 10.2. The van der Waals surface area contributed by atoms with Gasteiger partial charge in [0.05, 0.1) is 17.9 Å². The smallest absolute Gasteiger partial charge is 0.321 e. The lowest BCUT2D eigenvalue weighted by molar-refractivity contribution is 0.0681. The largest absolute Gasteiger partial charge is 0.489 e. The summed E-state index contributed by atoms with van der Waals surface area (Å²) < 4.78 is 17.1. The first kappa shape index (κ1) is 18.0. The maximum atomic E-state index is 12.5. The molecule has 2 fully saturated rings. The second kappa shape index (κ2) is 8.54. The predicted molar refractivity (Wildman–Crippen MR) is 96.3 cm³/mol. The molecule has 2 aliphatic heterocycles. The highest BCUT2D eigenvalue weighted by atomic mass is 16.5. The topological polar surface area (TPSA) is 60.0 Å². The van der Waals surface area contributed by atoms with Gasteiger partial charge >= 0.3 is 6.03 Å². The van der Waals surface area contributed by atoms with Crippen LogP contribution in [0, 0.1) is 6.92 Å². The first-order chi connectivity index (χ1) is 12.1. The number of amides is 2. The molecule has 25 heavy (non-hydrogen) atoms. The normalized spacial score (nSPS) is 22.8. The van der Waals surface area contributed by atoms with E-state index in [4.69, 9.17) is 14.2 Å². The molecule has 2 atom stereocenters. The number of nitrogens with one attached hydrogen (secondary N) is 1. The number of likely N-dealkylation sites (N-methyl/N-ethyl adjacent to an activating group) is 1. The second-order valence-corrected chi connectivity index (χ2v) is 6.89. The van der Waals surface area contributed by atoms with E-state index < -0.39 is 0 Å². The number of urea groups is 1. The summed E-state index contributed by atoms with van der Waals surface area (Å²) in [6.45, 7) is 4.72. The number of hydrogen-bond donors (Lipinski definition) is 1. The minimum atomic E-state index is -0.152. The Morgan fingerprint density at radius 3 is 2.64 bits per heavy atom. The molecule has 0 spiro atoms. The Bertz CT molecular complexity index is 581. The fraction of sp³-hybridized carbons (Fsp3) is 0.632. The standard InChI is InChI=1S/C19H28N2O4/c1-14-7-8-17(18(11-14)25-13-16-6-4-10-24-16)20-19(22)21(2)12-15-5-3-9-23-15/h7-8,11,15-16H,3-6,9-10,12-13H2,1-2H3,(H,20,22)/t15-,16+/m1/s1. The van der Waals surface area contributed by atoms with Crippen LogP contribution in [-0.2, 0) is 9.47 Å². The molecule has 0 aliphatic carbocycles. The van der Waals surface area contributed by atoms with Gasteiger partial charge in [-0.05, 0) is 50.3 Å². The van der Waals surface area contributed by atoms with Gasteiger partial charge in [0.15, 0.2) is 0 Å². The Balaban J connectivity index is 1.58. The van der Waals surface area contributed by atoms with Crippen molar-refractivity contribution in [2.45, 2.75) is 44.8 Å². The Labute approximate surface area is 149 Å². The number of anilines is 1. The van der Waals surface area contributed by atoms with Crippen LogP contribution in [0.1, 0.15) is 31.2 Å². The molecule has 3 rings (SSSR count). The van der Waals surface area contributed by atoms with Gasteiger partial charge in [-0.2, -0.15) is 0 Å². The maximum Gasteiger partial charge on any atom is 0.321 e. The lowest BCUT2D eigenvalue weighted by Gasteiger charge is -2.22. The van der Waals surface area contributed by atoms with Crippen molar-refractivity contribution in [3.8, 4) is 5.75 Å². The third-order valence-corrected chi connectivity index (χ3v) is 4.68. The maximum absolute atomic E-state index is 12.5. The minimum absolute atomic E-state index is 0.143. The van der Waals surface area contributed by atoms with Gasteiger partial charge in [0, 0.05) is 26.8 Å². The molecule has 2 heterocycles. The zero-order valence-electron chi connectivity index (χ0n) is 15.1. The van der Waals surface area contributed by atoms with E-state index in [0.717, 1.165) is 44.5 Å². The van der Waals surface area contributed by atoms with Crippen LogP contribution < -0.4 is 10.1 Å². The molecule has 0 radical (unpaired) electrons. The molecule has 138 valence electrons. The summed E-state index contributed by atoms with van der Waals surface area (Å²) in [7, 11) is 1.79. The van der Waals surface area contributed by atoms with Crippen LogP contribution in [0.3, 0.4) is 0 Å². The summed E-state index contributed by atoms with van der Waals surface area (Å²) in [5.41, 5.74) is 1.78. The fourth-order valence-electron chi connectivity index (χ4n) is 3.20. The van der Waals surface area contributed by atoms with E-state index in [9.17, 15) is 4.79 Å². The fourth-order valence-corrected chi connectivity index (χ4v) is 3.20. The summed E-state index contributed by atoms with van der Waals surface area (Å²) >= 11 is 0. The number of hydrogen-bond acceptors (Lipinski definition) is 4. The van der Waals surface area contributed by atoms with E-state index in [1.165, 1.54) is 0 Å². The second-order valence-electron chi connectivity index (χ2n) is 6.89. The number of ether oxygens (including phenoxy) is 3. The summed E-state index contributed by atoms with van der Waals surface area (Å²) in [6, 6.07) is 5.65. The molecule has 1 N–H and O–H groups in total. The molecule has 1 aromatic rings. The first-order valence-electron chi connectivity index (χ1n) is 9.10. The van der Waals surface area contributed by atoms with E-state index in [1.54, 1.807) is 11.9 Å². The van der Waals surface area contributed by atoms with Crippen molar-refractivity contribution < 1.29 is 19.0 Å². The van der Waals surface area contributed by atoms with Crippen molar-refractivity contribution >= 4 is 11.7 Å². The zero-order chi connectivity index (χ0) is 17.6. The van der Waals surface area contributed by atoms with Crippen LogP contribution in [0.4, 0.5) is 10.5 Å². The van der Waals surface area contributed by atoms with Gasteiger partial charge < -0.3 is 24.4 Å². The van der Waals surface area contributed by atoms with Crippen molar-refractivity contribution in [3.63, 3.8) is 0 Å². The summed E-state index contributed by atoms with van der Waals surface area (Å²) in [6.07, 6.45) is 4.48. The summed E-state index contributed by atoms with van der Waals surface area (Å²) in [5, 5.41) is 2.95. The highest BCUT2D eigenvalue weighted by Crippen LogP contribution is 2.27. The SMILES string of the molecule is Cc1ccc(NC(=O)N(C)C[C@H]2CCCO2)c(OC[C@@H]2CCCO2)c1. The van der Waals surface area contributed by atoms with Gasteiger partial charge in [0.1, 0.15) is 12.4 Å². The van der Waals surface area contributed by atoms with Crippen molar-refractivity contribution in [1.82, 2.24) is 4.90 Å². The molecule has 1 aromatic carbocycles. The quantitative estimate of drug-likeness (QED) is 0.858. The van der Waals surface area contributed by atoms with Gasteiger partial charge in [0.25, 0.3) is 0 Å².